The number of carbonyl (C=O) groups is 1. The summed E-state index contributed by atoms with van der Waals surface area (Å²) in [7, 11) is 0. The van der Waals surface area contributed by atoms with E-state index in [2.05, 4.69) is 26.8 Å². The van der Waals surface area contributed by atoms with Gasteiger partial charge in [0.05, 0.1) is 0 Å². The minimum absolute atomic E-state index is 0.00313. The highest BCUT2D eigenvalue weighted by molar-refractivity contribution is 5.67. The molecule has 1 aromatic carbocycles. The first kappa shape index (κ1) is 13.7. The van der Waals surface area contributed by atoms with Crippen molar-refractivity contribution in [3.8, 4) is 11.5 Å². The van der Waals surface area contributed by atoms with Crippen LogP contribution in [0, 0.1) is 5.41 Å². The van der Waals surface area contributed by atoms with Gasteiger partial charge in [-0.2, -0.15) is 0 Å². The molecule has 1 aliphatic carbocycles. The molecule has 1 aromatic rings. The normalized spacial score (nSPS) is 30.9. The van der Waals surface area contributed by atoms with Crippen LogP contribution >= 0.6 is 0 Å². The number of hydrogen-bond donors (Lipinski definition) is 1. The molecule has 0 aromatic heterocycles. The van der Waals surface area contributed by atoms with Crippen molar-refractivity contribution in [2.24, 2.45) is 5.41 Å². The maximum Gasteiger partial charge on any atom is 0.407 e. The number of nitrogens with zero attached hydrogens (tertiary/aromatic N) is 1. The maximum absolute atomic E-state index is 11.6. The highest BCUT2D eigenvalue weighted by Crippen LogP contribution is 2.57. The molecule has 2 atom stereocenters. The number of rotatable bonds is 0. The lowest BCUT2D eigenvalue weighted by Gasteiger charge is -2.60. The molecular formula is C17H21NO4. The third-order valence-electron chi connectivity index (χ3n) is 6.34. The van der Waals surface area contributed by atoms with Crippen LogP contribution in [-0.2, 0) is 11.8 Å². The Labute approximate surface area is 129 Å². The molecule has 0 spiro atoms. The largest absolute Gasteiger partial charge is 0.465 e. The van der Waals surface area contributed by atoms with Crippen molar-refractivity contribution in [3.05, 3.63) is 23.3 Å². The summed E-state index contributed by atoms with van der Waals surface area (Å²) in [6, 6.07) is 4.16. The molecule has 2 bridgehead atoms. The maximum atomic E-state index is 11.6. The van der Waals surface area contributed by atoms with Crippen LogP contribution in [0.5, 0.6) is 11.5 Å². The van der Waals surface area contributed by atoms with Gasteiger partial charge in [0, 0.05) is 18.0 Å². The summed E-state index contributed by atoms with van der Waals surface area (Å²) in [5.74, 6) is 1.59. The number of benzene rings is 1. The molecule has 22 heavy (non-hydrogen) atoms. The summed E-state index contributed by atoms with van der Waals surface area (Å²) < 4.78 is 11.0. The van der Waals surface area contributed by atoms with Crippen molar-refractivity contribution < 1.29 is 19.4 Å². The van der Waals surface area contributed by atoms with Crippen LogP contribution in [0.25, 0.3) is 0 Å². The summed E-state index contributed by atoms with van der Waals surface area (Å²) in [5.41, 5.74) is 2.31. The Hall–Kier alpha value is -1.91. The van der Waals surface area contributed by atoms with Gasteiger partial charge in [-0.1, -0.05) is 20.8 Å². The Kier molecular flexibility index (Phi) is 2.55. The van der Waals surface area contributed by atoms with E-state index in [1.165, 1.54) is 11.1 Å². The zero-order valence-electron chi connectivity index (χ0n) is 13.2. The molecule has 118 valence electrons. The van der Waals surface area contributed by atoms with Gasteiger partial charge < -0.3 is 19.5 Å². The molecule has 1 fully saturated rings. The second kappa shape index (κ2) is 4.09. The van der Waals surface area contributed by atoms with Gasteiger partial charge in [-0.15, -0.1) is 0 Å². The van der Waals surface area contributed by atoms with Crippen molar-refractivity contribution in [1.82, 2.24) is 4.90 Å². The number of amides is 1. The van der Waals surface area contributed by atoms with E-state index in [0.717, 1.165) is 24.3 Å². The lowest BCUT2D eigenvalue weighted by atomic mass is 9.51. The van der Waals surface area contributed by atoms with Gasteiger partial charge in [0.2, 0.25) is 6.79 Å². The molecule has 2 aliphatic heterocycles. The first-order chi connectivity index (χ1) is 10.3. The van der Waals surface area contributed by atoms with E-state index in [9.17, 15) is 9.90 Å². The van der Waals surface area contributed by atoms with E-state index in [1.807, 2.05) is 6.07 Å². The van der Waals surface area contributed by atoms with Crippen LogP contribution in [-0.4, -0.2) is 35.5 Å². The van der Waals surface area contributed by atoms with Gasteiger partial charge in [-0.25, -0.2) is 4.79 Å². The lowest BCUT2D eigenvalue weighted by molar-refractivity contribution is -0.0271. The molecular weight excluding hydrogens is 282 g/mol. The molecule has 5 nitrogen and oxygen atoms in total. The van der Waals surface area contributed by atoms with E-state index in [0.29, 0.717) is 6.54 Å². The van der Waals surface area contributed by atoms with Gasteiger partial charge in [-0.05, 0) is 41.5 Å². The average Bonchev–Trinajstić information content (AvgIpc) is 2.88. The van der Waals surface area contributed by atoms with Crippen LogP contribution in [0.2, 0.25) is 0 Å². The fourth-order valence-electron chi connectivity index (χ4n) is 4.53. The van der Waals surface area contributed by atoms with E-state index in [-0.39, 0.29) is 23.7 Å². The van der Waals surface area contributed by atoms with Crippen LogP contribution in [0.1, 0.15) is 38.3 Å². The topological polar surface area (TPSA) is 59.0 Å². The standard InChI is InChI=1S/C17H21NO4/c1-16(2)14-7-10-6-12-13(22-9-21-12)8-11(10)17(16,3)4-5-18(14)15(19)20/h6,8,14H,4-5,7,9H2,1-3H3,(H,19,20). The summed E-state index contributed by atoms with van der Waals surface area (Å²) in [6.45, 7) is 7.51. The Morgan fingerprint density at radius 2 is 1.95 bits per heavy atom. The monoisotopic (exact) mass is 303 g/mol. The number of hydrogen-bond acceptors (Lipinski definition) is 3. The molecule has 2 heterocycles. The van der Waals surface area contributed by atoms with Crippen molar-refractivity contribution >= 4 is 6.09 Å². The molecule has 2 unspecified atom stereocenters. The lowest BCUT2D eigenvalue weighted by Crippen LogP contribution is -2.64. The fraction of sp³-hybridized carbons (Fsp3) is 0.588. The summed E-state index contributed by atoms with van der Waals surface area (Å²) in [5, 5.41) is 9.55. The summed E-state index contributed by atoms with van der Waals surface area (Å²) in [4.78, 5) is 13.2. The Morgan fingerprint density at radius 1 is 1.27 bits per heavy atom. The zero-order chi connectivity index (χ0) is 15.7. The van der Waals surface area contributed by atoms with E-state index >= 15 is 0 Å². The van der Waals surface area contributed by atoms with Crippen LogP contribution < -0.4 is 9.47 Å². The fourth-order valence-corrected chi connectivity index (χ4v) is 4.53. The Bertz CT molecular complexity index is 669. The third kappa shape index (κ3) is 1.51. The number of fused-ring (bicyclic) bond motifs is 5. The molecule has 0 radical (unpaired) electrons. The van der Waals surface area contributed by atoms with Crippen molar-refractivity contribution in [2.45, 2.75) is 45.1 Å². The van der Waals surface area contributed by atoms with Gasteiger partial charge in [0.25, 0.3) is 0 Å². The highest BCUT2D eigenvalue weighted by atomic mass is 16.7. The van der Waals surface area contributed by atoms with Crippen molar-refractivity contribution in [2.75, 3.05) is 13.3 Å². The van der Waals surface area contributed by atoms with Gasteiger partial charge in [0.1, 0.15) is 0 Å². The van der Waals surface area contributed by atoms with Gasteiger partial charge in [-0.3, -0.25) is 0 Å². The summed E-state index contributed by atoms with van der Waals surface area (Å²) in [6.07, 6.45) is 0.750. The number of ether oxygens (including phenoxy) is 2. The van der Waals surface area contributed by atoms with Crippen LogP contribution in [0.4, 0.5) is 4.79 Å². The number of piperidine rings is 1. The smallest absolute Gasteiger partial charge is 0.407 e. The van der Waals surface area contributed by atoms with Gasteiger partial charge in [0.15, 0.2) is 11.5 Å². The SMILES string of the molecule is CC12CCN(C(=O)O)C(Cc3cc4c(cc31)OCO4)C2(C)C. The minimum Gasteiger partial charge on any atom is -0.465 e. The van der Waals surface area contributed by atoms with E-state index < -0.39 is 6.09 Å². The molecule has 0 saturated carbocycles. The molecule has 5 heteroatoms. The van der Waals surface area contributed by atoms with Crippen molar-refractivity contribution in [1.29, 1.82) is 0 Å². The van der Waals surface area contributed by atoms with E-state index in [1.54, 1.807) is 4.90 Å². The third-order valence-corrected chi connectivity index (χ3v) is 6.34. The van der Waals surface area contributed by atoms with E-state index in [4.69, 9.17) is 9.47 Å². The number of carboxylic acid groups (broad SMARTS) is 1. The van der Waals surface area contributed by atoms with Crippen molar-refractivity contribution in [3.63, 3.8) is 0 Å². The molecule has 4 rings (SSSR count). The second-order valence-electron chi connectivity index (χ2n) is 7.36. The quantitative estimate of drug-likeness (QED) is 0.800. The molecule has 3 aliphatic rings. The minimum atomic E-state index is -0.815. The predicted molar refractivity (Wildman–Crippen MR) is 80.5 cm³/mol. The number of likely N-dealkylation sites (tertiary alicyclic amines) is 1. The first-order valence-electron chi connectivity index (χ1n) is 7.77. The zero-order valence-corrected chi connectivity index (χ0v) is 13.2. The van der Waals surface area contributed by atoms with Crippen LogP contribution in [0.15, 0.2) is 12.1 Å². The average molecular weight is 303 g/mol. The predicted octanol–water partition coefficient (Wildman–Crippen LogP) is 3.01. The highest BCUT2D eigenvalue weighted by Gasteiger charge is 2.57. The second-order valence-corrected chi connectivity index (χ2v) is 7.36. The first-order valence-corrected chi connectivity index (χ1v) is 7.77. The summed E-state index contributed by atoms with van der Waals surface area (Å²) >= 11 is 0. The molecule has 1 saturated heterocycles. The van der Waals surface area contributed by atoms with Crippen LogP contribution in [0.3, 0.4) is 0 Å². The molecule has 1 N–H and O–H groups in total. The Morgan fingerprint density at radius 3 is 2.64 bits per heavy atom. The van der Waals surface area contributed by atoms with Gasteiger partial charge >= 0.3 is 6.09 Å². The molecule has 1 amide bonds. The Balaban J connectivity index is 1.90.